The molecule has 12 nitrogen and oxygen atoms in total. The average Bonchev–Trinajstić information content (AvgIpc) is 3.45. The van der Waals surface area contributed by atoms with Gasteiger partial charge in [0, 0.05) is 31.7 Å². The van der Waals surface area contributed by atoms with Crippen molar-refractivity contribution in [3.63, 3.8) is 0 Å². The van der Waals surface area contributed by atoms with E-state index in [0.717, 1.165) is 0 Å². The third kappa shape index (κ3) is 5.36. The molecular weight excluding hydrogens is 541 g/mol. The molecule has 4 aromatic rings. The second-order valence-electron chi connectivity index (χ2n) is 9.28. The number of alkyl halides is 3. The molecule has 2 atom stereocenters. The fraction of sp³-hybridized carbons (Fsp3) is 0.435. The van der Waals surface area contributed by atoms with E-state index in [1.165, 1.54) is 46.8 Å². The molecule has 5 rings (SSSR count). The molecule has 1 fully saturated rings. The van der Waals surface area contributed by atoms with E-state index in [4.69, 9.17) is 16.3 Å². The monoisotopic (exact) mass is 564 g/mol. The number of aryl methyl sites for hydroxylation is 1. The van der Waals surface area contributed by atoms with Gasteiger partial charge in [0.05, 0.1) is 23.7 Å². The zero-order valence-electron chi connectivity index (χ0n) is 21.0. The van der Waals surface area contributed by atoms with Gasteiger partial charge in [0.15, 0.2) is 11.9 Å². The van der Waals surface area contributed by atoms with Gasteiger partial charge < -0.3 is 15.4 Å². The number of rotatable bonds is 8. The molecule has 1 aliphatic carbocycles. The fourth-order valence-corrected chi connectivity index (χ4v) is 4.73. The van der Waals surface area contributed by atoms with Crippen LogP contribution in [0.2, 0.25) is 5.28 Å². The van der Waals surface area contributed by atoms with Gasteiger partial charge in [0.25, 0.3) is 5.78 Å². The fourth-order valence-electron chi connectivity index (χ4n) is 4.58. The molecule has 0 aliphatic heterocycles. The van der Waals surface area contributed by atoms with Gasteiger partial charge >= 0.3 is 6.18 Å². The van der Waals surface area contributed by atoms with Gasteiger partial charge in [-0.3, -0.25) is 4.79 Å². The molecule has 1 aliphatic rings. The van der Waals surface area contributed by atoms with E-state index in [2.05, 4.69) is 41.2 Å². The van der Waals surface area contributed by atoms with E-state index in [0.29, 0.717) is 35.7 Å². The zero-order valence-corrected chi connectivity index (χ0v) is 21.8. The van der Waals surface area contributed by atoms with Gasteiger partial charge in [-0.05, 0) is 59.5 Å². The summed E-state index contributed by atoms with van der Waals surface area (Å²) in [4.78, 5) is 20.9. The maximum absolute atomic E-state index is 14.0. The van der Waals surface area contributed by atoms with Crippen LogP contribution in [0.15, 0.2) is 30.5 Å². The first-order chi connectivity index (χ1) is 18.5. The first kappa shape index (κ1) is 26.7. The highest BCUT2D eigenvalue weighted by Crippen LogP contribution is 2.42. The smallest absolute Gasteiger partial charge is 0.375 e. The van der Waals surface area contributed by atoms with Gasteiger partial charge in [-0.15, -0.1) is 10.2 Å². The molecule has 0 radical (unpaired) electrons. The molecule has 3 aromatic heterocycles. The van der Waals surface area contributed by atoms with Gasteiger partial charge in [0.2, 0.25) is 11.2 Å². The Bertz CT molecular complexity index is 1480. The van der Waals surface area contributed by atoms with Crippen LogP contribution in [-0.4, -0.2) is 59.0 Å². The quantitative estimate of drug-likeness (QED) is 0.328. The highest BCUT2D eigenvalue weighted by molar-refractivity contribution is 6.28. The van der Waals surface area contributed by atoms with Gasteiger partial charge in [0.1, 0.15) is 0 Å². The van der Waals surface area contributed by atoms with Crippen molar-refractivity contribution in [3.8, 4) is 0 Å². The first-order valence-electron chi connectivity index (χ1n) is 12.0. The van der Waals surface area contributed by atoms with Crippen LogP contribution in [0.1, 0.15) is 54.9 Å². The summed E-state index contributed by atoms with van der Waals surface area (Å²) in [5.41, 5.74) is 1.46. The van der Waals surface area contributed by atoms with Crippen LogP contribution in [0, 0.1) is 5.92 Å². The summed E-state index contributed by atoms with van der Waals surface area (Å²) in [5, 5.41) is 20.7. The van der Waals surface area contributed by atoms with Crippen LogP contribution in [-0.2, 0) is 16.6 Å². The maximum atomic E-state index is 14.0. The number of hydrogen-bond donors (Lipinski definition) is 2. The number of aromatic nitrogens is 8. The van der Waals surface area contributed by atoms with Crippen molar-refractivity contribution < 1.29 is 22.7 Å². The number of benzene rings is 1. The predicted octanol–water partition coefficient (Wildman–Crippen LogP) is 3.67. The SMILES string of the molecule is CO[C@@H](C)c1c(Nc2ccc([C@H](NC(=O)C3CC(c4nnnn4C)C3)C(F)(F)F)cc2)cnc2nc(Cl)nn12. The second-order valence-corrected chi connectivity index (χ2v) is 9.62. The van der Waals surface area contributed by atoms with Gasteiger partial charge in [-0.25, -0.2) is 9.67 Å². The zero-order chi connectivity index (χ0) is 27.9. The van der Waals surface area contributed by atoms with E-state index in [1.807, 2.05) is 0 Å². The van der Waals surface area contributed by atoms with E-state index in [-0.39, 0.29) is 22.5 Å². The summed E-state index contributed by atoms with van der Waals surface area (Å²) in [6, 6.07) is 3.44. The number of hydrogen-bond acceptors (Lipinski definition) is 9. The van der Waals surface area contributed by atoms with E-state index < -0.39 is 30.1 Å². The Balaban J connectivity index is 1.31. The number of fused-ring (bicyclic) bond motifs is 1. The van der Waals surface area contributed by atoms with Gasteiger partial charge in [-0.1, -0.05) is 12.1 Å². The third-order valence-electron chi connectivity index (χ3n) is 6.78. The van der Waals surface area contributed by atoms with Crippen LogP contribution in [0.4, 0.5) is 24.5 Å². The number of amides is 1. The number of carbonyl (C=O) groups excluding carboxylic acids is 1. The Morgan fingerprint density at radius 1 is 1.23 bits per heavy atom. The molecule has 1 aromatic carbocycles. The molecule has 0 spiro atoms. The molecule has 0 saturated heterocycles. The Morgan fingerprint density at radius 2 is 1.95 bits per heavy atom. The van der Waals surface area contributed by atoms with Crippen molar-refractivity contribution >= 4 is 34.7 Å². The standard InChI is InChI=1S/C23H24ClF3N10O2/c1-11(39-3)17-16(10-28-22-31-21(24)33-37(17)22)29-15-6-4-12(5-7-15)18(23(25,26)27)30-20(38)14-8-13(9-14)19-32-34-35-36(19)2/h4-7,10-11,13-14,18,29H,8-9H2,1-3H3,(H,30,38)/t11-,13?,14?,18-/m0/s1. The largest absolute Gasteiger partial charge is 0.412 e. The van der Waals surface area contributed by atoms with E-state index in [1.54, 1.807) is 14.0 Å². The summed E-state index contributed by atoms with van der Waals surface area (Å²) in [6.07, 6.45) is -2.85. The molecule has 2 N–H and O–H groups in total. The minimum atomic E-state index is -4.69. The number of anilines is 2. The number of ether oxygens (including phenoxy) is 1. The number of carbonyl (C=O) groups is 1. The lowest BCUT2D eigenvalue weighted by atomic mass is 9.73. The normalized spacial score (nSPS) is 18.9. The summed E-state index contributed by atoms with van der Waals surface area (Å²) in [5.74, 6) is -0.391. The second kappa shape index (κ2) is 10.4. The van der Waals surface area contributed by atoms with Crippen molar-refractivity contribution in [2.75, 3.05) is 12.4 Å². The van der Waals surface area contributed by atoms with Crippen molar-refractivity contribution in [1.29, 1.82) is 0 Å². The lowest BCUT2D eigenvalue weighted by molar-refractivity contribution is -0.165. The van der Waals surface area contributed by atoms with E-state index in [9.17, 15) is 18.0 Å². The molecule has 39 heavy (non-hydrogen) atoms. The third-order valence-corrected chi connectivity index (χ3v) is 6.94. The summed E-state index contributed by atoms with van der Waals surface area (Å²) in [6.45, 7) is 1.80. The lowest BCUT2D eigenvalue weighted by Gasteiger charge is -2.34. The molecule has 0 bridgehead atoms. The number of nitrogens with zero attached hydrogens (tertiary/aromatic N) is 8. The molecule has 0 unspecified atom stereocenters. The Labute approximate surface area is 224 Å². The molecule has 1 amide bonds. The summed E-state index contributed by atoms with van der Waals surface area (Å²) >= 11 is 5.93. The van der Waals surface area contributed by atoms with Crippen molar-refractivity contribution in [1.82, 2.24) is 45.1 Å². The number of methoxy groups -OCH3 is 1. The Morgan fingerprint density at radius 3 is 2.56 bits per heavy atom. The van der Waals surface area contributed by atoms with Crippen molar-refractivity contribution in [2.24, 2.45) is 13.0 Å². The topological polar surface area (TPSA) is 137 Å². The summed E-state index contributed by atoms with van der Waals surface area (Å²) < 4.78 is 50.3. The molecule has 3 heterocycles. The molecule has 16 heteroatoms. The Kier molecular flexibility index (Phi) is 7.11. The van der Waals surface area contributed by atoms with Crippen LogP contribution in [0.25, 0.3) is 5.78 Å². The minimum absolute atomic E-state index is 0.0110. The highest BCUT2D eigenvalue weighted by atomic mass is 35.5. The Hall–Kier alpha value is -3.85. The van der Waals surface area contributed by atoms with Crippen LogP contribution in [0.3, 0.4) is 0 Å². The van der Waals surface area contributed by atoms with Crippen LogP contribution >= 0.6 is 11.6 Å². The number of tetrazole rings is 1. The molecule has 206 valence electrons. The molecule has 1 saturated carbocycles. The molecular formula is C23H24ClF3N10O2. The number of halogens is 4. The van der Waals surface area contributed by atoms with Crippen molar-refractivity contribution in [3.05, 3.63) is 52.8 Å². The summed E-state index contributed by atoms with van der Waals surface area (Å²) in [7, 11) is 3.20. The maximum Gasteiger partial charge on any atom is 0.412 e. The van der Waals surface area contributed by atoms with Crippen LogP contribution < -0.4 is 10.6 Å². The number of nitrogens with one attached hydrogen (secondary N) is 2. The first-order valence-corrected chi connectivity index (χ1v) is 12.3. The predicted molar refractivity (Wildman–Crippen MR) is 132 cm³/mol. The lowest BCUT2D eigenvalue weighted by Crippen LogP contribution is -2.44. The van der Waals surface area contributed by atoms with Crippen molar-refractivity contribution in [2.45, 2.75) is 44.0 Å². The van der Waals surface area contributed by atoms with E-state index >= 15 is 0 Å². The minimum Gasteiger partial charge on any atom is -0.375 e. The highest BCUT2D eigenvalue weighted by Gasteiger charge is 2.45. The van der Waals surface area contributed by atoms with Gasteiger partial charge in [-0.2, -0.15) is 22.7 Å². The average molecular weight is 565 g/mol. The van der Waals surface area contributed by atoms with Crippen LogP contribution in [0.5, 0.6) is 0 Å².